The maximum Gasteiger partial charge on any atom is 0.227 e. The molecule has 0 saturated heterocycles. The maximum absolute atomic E-state index is 11.9. The highest BCUT2D eigenvalue weighted by molar-refractivity contribution is 8.03. The molecule has 0 aliphatic carbocycles. The summed E-state index contributed by atoms with van der Waals surface area (Å²) in [6, 6.07) is 9.85. The lowest BCUT2D eigenvalue weighted by atomic mass is 9.85. The van der Waals surface area contributed by atoms with Crippen molar-refractivity contribution in [2.24, 2.45) is 5.73 Å². The van der Waals surface area contributed by atoms with E-state index in [0.717, 1.165) is 22.9 Å². The van der Waals surface area contributed by atoms with E-state index in [2.05, 4.69) is 11.4 Å². The molecule has 1 aromatic carbocycles. The van der Waals surface area contributed by atoms with Crippen molar-refractivity contribution in [1.29, 1.82) is 5.26 Å². The summed E-state index contributed by atoms with van der Waals surface area (Å²) in [6.45, 7) is 1.95. The number of allylic oxidation sites excluding steroid dienone is 1. The predicted molar refractivity (Wildman–Crippen MR) is 81.0 cm³/mol. The molecule has 108 valence electrons. The van der Waals surface area contributed by atoms with Gasteiger partial charge in [0.25, 0.3) is 0 Å². The molecule has 1 atom stereocenters. The predicted octanol–water partition coefficient (Wildman–Crippen LogP) is 1.55. The van der Waals surface area contributed by atoms with Crippen LogP contribution in [0.3, 0.4) is 0 Å². The molecule has 0 bridgehead atoms. The van der Waals surface area contributed by atoms with Crippen molar-refractivity contribution in [3.63, 3.8) is 0 Å². The molecule has 0 saturated carbocycles. The van der Waals surface area contributed by atoms with E-state index in [9.17, 15) is 14.9 Å². The van der Waals surface area contributed by atoms with Crippen molar-refractivity contribution < 1.29 is 9.59 Å². The number of nitrogens with zero attached hydrogens (tertiary/aromatic N) is 1. The zero-order chi connectivity index (χ0) is 15.4. The quantitative estimate of drug-likeness (QED) is 0.882. The number of aryl methyl sites for hydroxylation is 1. The Bertz CT molecular complexity index is 661. The average Bonchev–Trinajstić information content (AvgIpc) is 2.45. The Morgan fingerprint density at radius 3 is 2.86 bits per heavy atom. The highest BCUT2D eigenvalue weighted by Crippen LogP contribution is 2.36. The third-order valence-electron chi connectivity index (χ3n) is 3.28. The van der Waals surface area contributed by atoms with Gasteiger partial charge >= 0.3 is 0 Å². The van der Waals surface area contributed by atoms with Crippen molar-refractivity contribution in [3.8, 4) is 6.07 Å². The second kappa shape index (κ2) is 6.46. The number of primary amides is 1. The molecule has 2 rings (SSSR count). The molecular weight excluding hydrogens is 286 g/mol. The van der Waals surface area contributed by atoms with Gasteiger partial charge in [-0.05, 0) is 18.1 Å². The number of amides is 2. The number of benzene rings is 1. The topological polar surface area (TPSA) is 96.0 Å². The van der Waals surface area contributed by atoms with Gasteiger partial charge in [0, 0.05) is 12.3 Å². The summed E-state index contributed by atoms with van der Waals surface area (Å²) in [5.74, 6) is -0.895. The minimum atomic E-state index is -0.489. The van der Waals surface area contributed by atoms with Gasteiger partial charge < -0.3 is 11.1 Å². The number of nitrogens with one attached hydrogen (secondary N) is 1. The number of nitrogens with two attached hydrogens (primary N) is 1. The SMILES string of the molecule is Cc1ccccc1[C@@H]1CC(=O)NC(SCC(N)=O)=C1C#N. The third kappa shape index (κ3) is 3.44. The van der Waals surface area contributed by atoms with Crippen LogP contribution in [0.4, 0.5) is 0 Å². The van der Waals surface area contributed by atoms with Crippen LogP contribution in [0.15, 0.2) is 34.9 Å². The first-order valence-electron chi connectivity index (χ1n) is 6.43. The first-order chi connectivity index (χ1) is 10.0. The number of nitriles is 1. The van der Waals surface area contributed by atoms with Crippen molar-refractivity contribution in [3.05, 3.63) is 46.0 Å². The van der Waals surface area contributed by atoms with Crippen LogP contribution in [-0.4, -0.2) is 17.6 Å². The second-order valence-electron chi connectivity index (χ2n) is 4.77. The normalized spacial score (nSPS) is 18.1. The summed E-state index contributed by atoms with van der Waals surface area (Å²) in [6.07, 6.45) is 0.231. The number of hydrogen-bond donors (Lipinski definition) is 2. The fraction of sp³-hybridized carbons (Fsp3) is 0.267. The number of carbonyl (C=O) groups excluding carboxylic acids is 2. The van der Waals surface area contributed by atoms with E-state index in [1.807, 2.05) is 31.2 Å². The van der Waals surface area contributed by atoms with Crippen LogP contribution in [0.5, 0.6) is 0 Å². The summed E-state index contributed by atoms with van der Waals surface area (Å²) in [4.78, 5) is 22.8. The van der Waals surface area contributed by atoms with E-state index in [-0.39, 0.29) is 24.0 Å². The van der Waals surface area contributed by atoms with Gasteiger partial charge in [0.2, 0.25) is 11.8 Å². The lowest BCUT2D eigenvalue weighted by Gasteiger charge is -2.25. The Hall–Kier alpha value is -2.26. The highest BCUT2D eigenvalue weighted by atomic mass is 32.2. The zero-order valence-corrected chi connectivity index (χ0v) is 12.4. The molecule has 21 heavy (non-hydrogen) atoms. The summed E-state index contributed by atoms with van der Waals surface area (Å²) < 4.78 is 0. The molecule has 1 aliphatic rings. The lowest BCUT2D eigenvalue weighted by Crippen LogP contribution is -2.31. The van der Waals surface area contributed by atoms with Gasteiger partial charge in [-0.2, -0.15) is 5.26 Å². The number of thioether (sulfide) groups is 1. The molecule has 1 aliphatic heterocycles. The van der Waals surface area contributed by atoms with Gasteiger partial charge in [-0.1, -0.05) is 36.0 Å². The van der Waals surface area contributed by atoms with E-state index in [4.69, 9.17) is 5.73 Å². The van der Waals surface area contributed by atoms with Crippen LogP contribution < -0.4 is 11.1 Å². The standard InChI is InChI=1S/C15H15N3O2S/c1-9-4-2-3-5-10(9)11-6-14(20)18-15(12(11)7-16)21-8-13(17)19/h2-5,11H,6,8H2,1H3,(H2,17,19)(H,18,20)/t11-/m0/s1. The summed E-state index contributed by atoms with van der Waals surface area (Å²) >= 11 is 1.10. The van der Waals surface area contributed by atoms with Crippen LogP contribution >= 0.6 is 11.8 Å². The number of carbonyl (C=O) groups is 2. The van der Waals surface area contributed by atoms with Gasteiger partial charge in [-0.15, -0.1) is 0 Å². The molecule has 1 aromatic rings. The molecule has 0 spiro atoms. The molecule has 0 fully saturated rings. The largest absolute Gasteiger partial charge is 0.369 e. The molecule has 0 aromatic heterocycles. The van der Waals surface area contributed by atoms with Crippen LogP contribution in [-0.2, 0) is 9.59 Å². The monoisotopic (exact) mass is 301 g/mol. The summed E-state index contributed by atoms with van der Waals surface area (Å²) in [7, 11) is 0. The van der Waals surface area contributed by atoms with Crippen molar-refractivity contribution in [2.75, 3.05) is 5.75 Å². The Morgan fingerprint density at radius 2 is 2.24 bits per heavy atom. The van der Waals surface area contributed by atoms with Crippen LogP contribution in [0, 0.1) is 18.3 Å². The maximum atomic E-state index is 11.9. The van der Waals surface area contributed by atoms with E-state index in [1.54, 1.807) is 0 Å². The molecule has 3 N–H and O–H groups in total. The third-order valence-corrected chi connectivity index (χ3v) is 4.32. The first kappa shape index (κ1) is 15.1. The lowest BCUT2D eigenvalue weighted by molar-refractivity contribution is -0.121. The Morgan fingerprint density at radius 1 is 1.52 bits per heavy atom. The minimum absolute atomic E-state index is 0.0291. The first-order valence-corrected chi connectivity index (χ1v) is 7.42. The molecule has 6 heteroatoms. The zero-order valence-electron chi connectivity index (χ0n) is 11.6. The van der Waals surface area contributed by atoms with Crippen LogP contribution in [0.2, 0.25) is 0 Å². The van der Waals surface area contributed by atoms with Gasteiger partial charge in [0.15, 0.2) is 0 Å². The van der Waals surface area contributed by atoms with Crippen molar-refractivity contribution >= 4 is 23.6 Å². The molecule has 0 unspecified atom stereocenters. The minimum Gasteiger partial charge on any atom is -0.369 e. The van der Waals surface area contributed by atoms with Crippen molar-refractivity contribution in [1.82, 2.24) is 5.32 Å². The number of hydrogen-bond acceptors (Lipinski definition) is 4. The fourth-order valence-corrected chi connectivity index (χ4v) is 3.14. The smallest absolute Gasteiger partial charge is 0.227 e. The van der Waals surface area contributed by atoms with Crippen LogP contribution in [0.1, 0.15) is 23.5 Å². The number of rotatable bonds is 4. The fourth-order valence-electron chi connectivity index (χ4n) is 2.32. The Balaban J connectivity index is 2.42. The molecule has 2 amide bonds. The molecular formula is C15H15N3O2S. The van der Waals surface area contributed by atoms with E-state index >= 15 is 0 Å². The van der Waals surface area contributed by atoms with E-state index in [1.165, 1.54) is 0 Å². The van der Waals surface area contributed by atoms with E-state index < -0.39 is 5.91 Å². The Kier molecular flexibility index (Phi) is 4.66. The van der Waals surface area contributed by atoms with Crippen molar-refractivity contribution in [2.45, 2.75) is 19.3 Å². The van der Waals surface area contributed by atoms with Gasteiger partial charge in [-0.25, -0.2) is 0 Å². The summed E-state index contributed by atoms with van der Waals surface area (Å²) in [5, 5.41) is 12.5. The van der Waals surface area contributed by atoms with Crippen LogP contribution in [0.25, 0.3) is 0 Å². The molecule has 0 radical (unpaired) electrons. The molecule has 5 nitrogen and oxygen atoms in total. The van der Waals surface area contributed by atoms with Gasteiger partial charge in [0.1, 0.15) is 0 Å². The second-order valence-corrected chi connectivity index (χ2v) is 5.76. The summed E-state index contributed by atoms with van der Waals surface area (Å²) in [5.41, 5.74) is 7.60. The molecule has 1 heterocycles. The average molecular weight is 301 g/mol. The van der Waals surface area contributed by atoms with Gasteiger partial charge in [-0.3, -0.25) is 9.59 Å². The Labute approximate surface area is 127 Å². The van der Waals surface area contributed by atoms with E-state index in [0.29, 0.717) is 10.6 Å². The highest BCUT2D eigenvalue weighted by Gasteiger charge is 2.30. The van der Waals surface area contributed by atoms with Gasteiger partial charge in [0.05, 0.1) is 22.4 Å².